The van der Waals surface area contributed by atoms with Gasteiger partial charge in [-0.2, -0.15) is 10.2 Å². The van der Waals surface area contributed by atoms with Gasteiger partial charge >= 0.3 is 0 Å². The quantitative estimate of drug-likeness (QED) is 0.679. The third kappa shape index (κ3) is 3.84. The van der Waals surface area contributed by atoms with Crippen LogP contribution in [0.4, 0.5) is 0 Å². The molecule has 0 unspecified atom stereocenters. The number of aryl methyl sites for hydroxylation is 2. The molecule has 1 saturated carbocycles. The SMILES string of the molecule is Cc1nn(C)c(C)c1-c1cc(C(=O)N(Cc2ccc(C(C)C)cc2)C2CC2)[nH]n1. The first-order valence-electron chi connectivity index (χ1n) is 10.3. The second-order valence-corrected chi connectivity index (χ2v) is 8.40. The Hall–Kier alpha value is -2.89. The van der Waals surface area contributed by atoms with Gasteiger partial charge in [0, 0.05) is 30.9 Å². The molecule has 4 rings (SSSR count). The lowest BCUT2D eigenvalue weighted by Crippen LogP contribution is -2.32. The lowest BCUT2D eigenvalue weighted by molar-refractivity contribution is 0.0724. The van der Waals surface area contributed by atoms with E-state index in [1.807, 2.05) is 36.5 Å². The van der Waals surface area contributed by atoms with Crippen LogP contribution < -0.4 is 0 Å². The molecule has 0 aliphatic heterocycles. The van der Waals surface area contributed by atoms with E-state index >= 15 is 0 Å². The molecule has 6 heteroatoms. The molecule has 152 valence electrons. The normalized spacial score (nSPS) is 13.9. The van der Waals surface area contributed by atoms with Gasteiger partial charge in [-0.1, -0.05) is 38.1 Å². The van der Waals surface area contributed by atoms with E-state index in [2.05, 4.69) is 53.4 Å². The van der Waals surface area contributed by atoms with Crippen LogP contribution in [0.1, 0.15) is 65.6 Å². The Bertz CT molecular complexity index is 1020. The van der Waals surface area contributed by atoms with Gasteiger partial charge in [-0.15, -0.1) is 0 Å². The molecule has 29 heavy (non-hydrogen) atoms. The number of rotatable bonds is 6. The van der Waals surface area contributed by atoms with Crippen molar-refractivity contribution in [3.63, 3.8) is 0 Å². The highest BCUT2D eigenvalue weighted by Crippen LogP contribution is 2.31. The zero-order valence-corrected chi connectivity index (χ0v) is 17.9. The van der Waals surface area contributed by atoms with Crippen molar-refractivity contribution in [3.8, 4) is 11.3 Å². The number of H-pyrrole nitrogens is 1. The summed E-state index contributed by atoms with van der Waals surface area (Å²) < 4.78 is 1.85. The highest BCUT2D eigenvalue weighted by atomic mass is 16.2. The Kier molecular flexibility index (Phi) is 5.03. The molecule has 1 fully saturated rings. The second kappa shape index (κ2) is 7.50. The summed E-state index contributed by atoms with van der Waals surface area (Å²) in [6.07, 6.45) is 2.13. The second-order valence-electron chi connectivity index (χ2n) is 8.40. The monoisotopic (exact) mass is 391 g/mol. The van der Waals surface area contributed by atoms with Gasteiger partial charge in [0.1, 0.15) is 5.69 Å². The predicted octanol–water partition coefficient (Wildman–Crippen LogP) is 4.36. The fourth-order valence-corrected chi connectivity index (χ4v) is 3.82. The van der Waals surface area contributed by atoms with Crippen molar-refractivity contribution >= 4 is 5.91 Å². The Balaban J connectivity index is 1.56. The van der Waals surface area contributed by atoms with E-state index in [1.54, 1.807) is 0 Å². The van der Waals surface area contributed by atoms with Crippen molar-refractivity contribution in [2.75, 3.05) is 0 Å². The number of carbonyl (C=O) groups is 1. The van der Waals surface area contributed by atoms with Crippen LogP contribution in [0.5, 0.6) is 0 Å². The van der Waals surface area contributed by atoms with E-state index in [1.165, 1.54) is 5.56 Å². The lowest BCUT2D eigenvalue weighted by Gasteiger charge is -2.22. The molecule has 1 amide bonds. The van der Waals surface area contributed by atoms with Gasteiger partial charge in [0.05, 0.1) is 11.4 Å². The highest BCUT2D eigenvalue weighted by Gasteiger charge is 2.34. The van der Waals surface area contributed by atoms with Crippen LogP contribution in [0.3, 0.4) is 0 Å². The van der Waals surface area contributed by atoms with E-state index in [4.69, 9.17) is 0 Å². The molecular weight excluding hydrogens is 362 g/mol. The van der Waals surface area contributed by atoms with Crippen LogP contribution in [0, 0.1) is 13.8 Å². The zero-order valence-electron chi connectivity index (χ0n) is 17.9. The number of aromatic amines is 1. The Labute approximate surface area is 171 Å². The molecule has 0 atom stereocenters. The number of nitrogens with one attached hydrogen (secondary N) is 1. The maximum atomic E-state index is 13.3. The molecule has 1 N–H and O–H groups in total. The summed E-state index contributed by atoms with van der Waals surface area (Å²) >= 11 is 0. The van der Waals surface area contributed by atoms with Gasteiger partial charge in [-0.05, 0) is 49.8 Å². The van der Waals surface area contributed by atoms with Gasteiger partial charge < -0.3 is 4.90 Å². The molecule has 3 aromatic rings. The standard InChI is InChI=1S/C23H29N5O/c1-14(2)18-8-6-17(7-9-18)13-28(19-10-11-19)23(29)21-12-20(24-25-21)22-15(3)26-27(5)16(22)4/h6-9,12,14,19H,10-11,13H2,1-5H3,(H,24,25). The van der Waals surface area contributed by atoms with Gasteiger partial charge in [-0.3, -0.25) is 14.6 Å². The average Bonchev–Trinajstić information content (AvgIpc) is 3.36. The minimum Gasteiger partial charge on any atom is -0.330 e. The fourth-order valence-electron chi connectivity index (χ4n) is 3.82. The molecule has 1 aliphatic carbocycles. The zero-order chi connectivity index (χ0) is 20.7. The number of benzene rings is 1. The molecule has 1 aromatic carbocycles. The summed E-state index contributed by atoms with van der Waals surface area (Å²) in [7, 11) is 1.92. The molecule has 0 bridgehead atoms. The van der Waals surface area contributed by atoms with Crippen LogP contribution in [-0.4, -0.2) is 36.8 Å². The average molecular weight is 392 g/mol. The van der Waals surface area contributed by atoms with Crippen LogP contribution in [0.25, 0.3) is 11.3 Å². The number of hydrogen-bond acceptors (Lipinski definition) is 3. The first-order chi connectivity index (χ1) is 13.8. The summed E-state index contributed by atoms with van der Waals surface area (Å²) in [6.45, 7) is 8.99. The van der Waals surface area contributed by atoms with E-state index in [0.717, 1.165) is 41.1 Å². The largest absolute Gasteiger partial charge is 0.330 e. The number of hydrogen-bond donors (Lipinski definition) is 1. The van der Waals surface area contributed by atoms with Crippen molar-refractivity contribution in [1.82, 2.24) is 24.9 Å². The maximum Gasteiger partial charge on any atom is 0.272 e. The molecule has 6 nitrogen and oxygen atoms in total. The maximum absolute atomic E-state index is 13.3. The van der Waals surface area contributed by atoms with Crippen molar-refractivity contribution in [2.45, 2.75) is 59.0 Å². The third-order valence-electron chi connectivity index (χ3n) is 5.82. The number of amides is 1. The van der Waals surface area contributed by atoms with Gasteiger partial charge in [0.2, 0.25) is 0 Å². The molecule has 1 aliphatic rings. The predicted molar refractivity (Wildman–Crippen MR) is 114 cm³/mol. The van der Waals surface area contributed by atoms with Crippen molar-refractivity contribution in [1.29, 1.82) is 0 Å². The number of nitrogens with zero attached hydrogens (tertiary/aromatic N) is 4. The number of aromatic nitrogens is 4. The van der Waals surface area contributed by atoms with E-state index in [0.29, 0.717) is 24.2 Å². The minimum absolute atomic E-state index is 0.0124. The molecule has 0 radical (unpaired) electrons. The lowest BCUT2D eigenvalue weighted by atomic mass is 10.0. The Morgan fingerprint density at radius 3 is 2.48 bits per heavy atom. The molecule has 0 saturated heterocycles. The van der Waals surface area contributed by atoms with Crippen molar-refractivity contribution in [2.24, 2.45) is 7.05 Å². The summed E-state index contributed by atoms with van der Waals surface area (Å²) in [5.41, 5.74) is 6.73. The third-order valence-corrected chi connectivity index (χ3v) is 5.82. The van der Waals surface area contributed by atoms with Gasteiger partial charge in [-0.25, -0.2) is 0 Å². The van der Waals surface area contributed by atoms with Gasteiger partial charge in [0.25, 0.3) is 5.91 Å². The van der Waals surface area contributed by atoms with E-state index < -0.39 is 0 Å². The summed E-state index contributed by atoms with van der Waals surface area (Å²) in [4.78, 5) is 15.2. The summed E-state index contributed by atoms with van der Waals surface area (Å²) in [5.74, 6) is 0.520. The molecule has 2 aromatic heterocycles. The first kappa shape index (κ1) is 19.4. The van der Waals surface area contributed by atoms with E-state index in [9.17, 15) is 4.79 Å². The molecule has 0 spiro atoms. The summed E-state index contributed by atoms with van der Waals surface area (Å²) in [6, 6.07) is 10.8. The minimum atomic E-state index is 0.0124. The van der Waals surface area contributed by atoms with Crippen LogP contribution in [0.2, 0.25) is 0 Å². The Morgan fingerprint density at radius 2 is 1.93 bits per heavy atom. The van der Waals surface area contributed by atoms with Crippen LogP contribution >= 0.6 is 0 Å². The highest BCUT2D eigenvalue weighted by molar-refractivity contribution is 5.94. The van der Waals surface area contributed by atoms with Gasteiger partial charge in [0.15, 0.2) is 0 Å². The van der Waals surface area contributed by atoms with Crippen LogP contribution in [0.15, 0.2) is 30.3 Å². The topological polar surface area (TPSA) is 66.8 Å². The van der Waals surface area contributed by atoms with Crippen molar-refractivity contribution in [3.05, 3.63) is 58.5 Å². The first-order valence-corrected chi connectivity index (χ1v) is 10.3. The summed E-state index contributed by atoms with van der Waals surface area (Å²) in [5, 5.41) is 11.8. The smallest absolute Gasteiger partial charge is 0.272 e. The Morgan fingerprint density at radius 1 is 1.24 bits per heavy atom. The molecular formula is C23H29N5O. The van der Waals surface area contributed by atoms with Crippen molar-refractivity contribution < 1.29 is 4.79 Å². The number of carbonyl (C=O) groups excluding carboxylic acids is 1. The fraction of sp³-hybridized carbons (Fsp3) is 0.435. The van der Waals surface area contributed by atoms with E-state index in [-0.39, 0.29) is 5.91 Å². The van der Waals surface area contributed by atoms with Crippen LogP contribution in [-0.2, 0) is 13.6 Å². The molecule has 2 heterocycles.